The molecule has 0 unspecified atom stereocenters. The van der Waals surface area contributed by atoms with Gasteiger partial charge in [0.2, 0.25) is 5.91 Å². The first-order valence-corrected chi connectivity index (χ1v) is 6.23. The van der Waals surface area contributed by atoms with Gasteiger partial charge in [-0.25, -0.2) is 0 Å². The molecule has 0 aliphatic rings. The predicted molar refractivity (Wildman–Crippen MR) is 72.6 cm³/mol. The lowest BCUT2D eigenvalue weighted by Gasteiger charge is -2.12. The maximum Gasteiger partial charge on any atom is 0.272 e. The van der Waals surface area contributed by atoms with Gasteiger partial charge < -0.3 is 11.1 Å². The van der Waals surface area contributed by atoms with Crippen molar-refractivity contribution in [3.05, 3.63) is 39.4 Å². The van der Waals surface area contributed by atoms with Crippen LogP contribution >= 0.6 is 0 Å². The highest BCUT2D eigenvalue weighted by Crippen LogP contribution is 2.20. The molecule has 0 spiro atoms. The third-order valence-corrected chi connectivity index (χ3v) is 3.00. The van der Waals surface area contributed by atoms with E-state index in [1.165, 1.54) is 6.07 Å². The second kappa shape index (κ2) is 6.84. The van der Waals surface area contributed by atoms with Gasteiger partial charge in [-0.05, 0) is 18.9 Å². The lowest BCUT2D eigenvalue weighted by Crippen LogP contribution is -2.40. The fourth-order valence-corrected chi connectivity index (χ4v) is 1.81. The summed E-state index contributed by atoms with van der Waals surface area (Å²) >= 11 is 0. The quantitative estimate of drug-likeness (QED) is 0.603. The zero-order valence-corrected chi connectivity index (χ0v) is 11.2. The lowest BCUT2D eigenvalue weighted by atomic mass is 10.1. The van der Waals surface area contributed by atoms with Crippen molar-refractivity contribution >= 4 is 11.6 Å². The zero-order valence-electron chi connectivity index (χ0n) is 11.2. The molecule has 6 heteroatoms. The van der Waals surface area contributed by atoms with E-state index in [-0.39, 0.29) is 18.1 Å². The fourth-order valence-electron chi connectivity index (χ4n) is 1.81. The van der Waals surface area contributed by atoms with Crippen LogP contribution in [-0.2, 0) is 11.3 Å². The van der Waals surface area contributed by atoms with Gasteiger partial charge in [-0.1, -0.05) is 25.5 Å². The molecule has 0 bridgehead atoms. The van der Waals surface area contributed by atoms with Crippen molar-refractivity contribution in [2.75, 3.05) is 0 Å². The Hall–Kier alpha value is -1.95. The summed E-state index contributed by atoms with van der Waals surface area (Å²) in [6.07, 6.45) is 1.46. The second-order valence-corrected chi connectivity index (χ2v) is 4.43. The number of nitro groups is 1. The van der Waals surface area contributed by atoms with Gasteiger partial charge in [0.05, 0.1) is 11.0 Å². The monoisotopic (exact) mass is 265 g/mol. The summed E-state index contributed by atoms with van der Waals surface area (Å²) in [5.41, 5.74) is 7.04. The SMILES string of the molecule is CCC[C@H](N)C(=O)NCc1cccc([N+](=O)[O-])c1C. The van der Waals surface area contributed by atoms with Gasteiger partial charge in [-0.2, -0.15) is 0 Å². The molecule has 0 saturated heterocycles. The van der Waals surface area contributed by atoms with Crippen LogP contribution in [0.1, 0.15) is 30.9 Å². The van der Waals surface area contributed by atoms with E-state index in [2.05, 4.69) is 5.32 Å². The second-order valence-electron chi connectivity index (χ2n) is 4.43. The molecule has 0 aromatic heterocycles. The van der Waals surface area contributed by atoms with E-state index in [9.17, 15) is 14.9 Å². The summed E-state index contributed by atoms with van der Waals surface area (Å²) in [6, 6.07) is 4.29. The zero-order chi connectivity index (χ0) is 14.4. The molecular weight excluding hydrogens is 246 g/mol. The van der Waals surface area contributed by atoms with Gasteiger partial charge in [0.15, 0.2) is 0 Å². The Balaban J connectivity index is 2.71. The molecule has 104 valence electrons. The van der Waals surface area contributed by atoms with E-state index in [1.54, 1.807) is 19.1 Å². The number of nitrogens with zero attached hydrogens (tertiary/aromatic N) is 1. The number of amides is 1. The van der Waals surface area contributed by atoms with Gasteiger partial charge >= 0.3 is 0 Å². The van der Waals surface area contributed by atoms with Crippen molar-refractivity contribution in [1.29, 1.82) is 0 Å². The molecule has 1 aromatic rings. The van der Waals surface area contributed by atoms with Crippen molar-refractivity contribution in [3.8, 4) is 0 Å². The third kappa shape index (κ3) is 4.03. The van der Waals surface area contributed by atoms with Crippen LogP contribution in [0.5, 0.6) is 0 Å². The average molecular weight is 265 g/mol. The van der Waals surface area contributed by atoms with Crippen LogP contribution in [0.15, 0.2) is 18.2 Å². The molecule has 0 fully saturated rings. The molecule has 19 heavy (non-hydrogen) atoms. The van der Waals surface area contributed by atoms with E-state index in [4.69, 9.17) is 5.73 Å². The molecule has 3 N–H and O–H groups in total. The Morgan fingerprint density at radius 2 is 2.21 bits per heavy atom. The maximum absolute atomic E-state index is 11.7. The standard InChI is InChI=1S/C13H19N3O3/c1-3-5-11(14)13(17)15-8-10-6-4-7-12(9(10)2)16(18)19/h4,6-7,11H,3,5,8,14H2,1-2H3,(H,15,17)/t11-/m0/s1. The Bertz CT molecular complexity index is 474. The van der Waals surface area contributed by atoms with Crippen LogP contribution in [0.4, 0.5) is 5.69 Å². The van der Waals surface area contributed by atoms with Crippen molar-refractivity contribution in [2.45, 2.75) is 39.3 Å². The topological polar surface area (TPSA) is 98.3 Å². The summed E-state index contributed by atoms with van der Waals surface area (Å²) in [5.74, 6) is -0.229. The molecule has 1 amide bonds. The van der Waals surface area contributed by atoms with Crippen LogP contribution in [0.2, 0.25) is 0 Å². The molecule has 1 atom stereocenters. The molecule has 0 saturated carbocycles. The summed E-state index contributed by atoms with van der Waals surface area (Å²) in [7, 11) is 0. The van der Waals surface area contributed by atoms with Crippen LogP contribution in [0.3, 0.4) is 0 Å². The normalized spacial score (nSPS) is 11.9. The van der Waals surface area contributed by atoms with Gasteiger partial charge in [0, 0.05) is 18.2 Å². The molecular formula is C13H19N3O3. The smallest absolute Gasteiger partial charge is 0.272 e. The Morgan fingerprint density at radius 3 is 2.79 bits per heavy atom. The van der Waals surface area contributed by atoms with Crippen LogP contribution < -0.4 is 11.1 Å². The van der Waals surface area contributed by atoms with Crippen molar-refractivity contribution in [1.82, 2.24) is 5.32 Å². The van der Waals surface area contributed by atoms with Crippen molar-refractivity contribution in [3.63, 3.8) is 0 Å². The van der Waals surface area contributed by atoms with Crippen LogP contribution in [0.25, 0.3) is 0 Å². The summed E-state index contributed by atoms with van der Waals surface area (Å²) in [5, 5.41) is 13.5. The number of rotatable bonds is 6. The number of nitrogens with two attached hydrogens (primary N) is 1. The van der Waals surface area contributed by atoms with E-state index < -0.39 is 11.0 Å². The number of hydrogen-bond acceptors (Lipinski definition) is 4. The summed E-state index contributed by atoms with van der Waals surface area (Å²) < 4.78 is 0. The van der Waals surface area contributed by atoms with Crippen molar-refractivity contribution in [2.24, 2.45) is 5.73 Å². The number of hydrogen-bond donors (Lipinski definition) is 2. The number of nitrogens with one attached hydrogen (secondary N) is 1. The number of carbonyl (C=O) groups excluding carboxylic acids is 1. The van der Waals surface area contributed by atoms with Gasteiger partial charge in [-0.3, -0.25) is 14.9 Å². The first kappa shape index (κ1) is 15.1. The maximum atomic E-state index is 11.7. The predicted octanol–water partition coefficient (Wildman–Crippen LogP) is 1.65. The number of nitro benzene ring substituents is 1. The van der Waals surface area contributed by atoms with E-state index in [1.807, 2.05) is 6.92 Å². The highest BCUT2D eigenvalue weighted by atomic mass is 16.6. The lowest BCUT2D eigenvalue weighted by molar-refractivity contribution is -0.385. The minimum Gasteiger partial charge on any atom is -0.351 e. The minimum atomic E-state index is -0.524. The highest BCUT2D eigenvalue weighted by molar-refractivity contribution is 5.81. The largest absolute Gasteiger partial charge is 0.351 e. The summed E-state index contributed by atoms with van der Waals surface area (Å²) in [4.78, 5) is 22.0. The first-order valence-electron chi connectivity index (χ1n) is 6.23. The Morgan fingerprint density at radius 1 is 1.53 bits per heavy atom. The van der Waals surface area contributed by atoms with Crippen LogP contribution in [-0.4, -0.2) is 16.9 Å². The molecule has 1 rings (SSSR count). The Kier molecular flexibility index (Phi) is 5.44. The van der Waals surface area contributed by atoms with Gasteiger partial charge in [0.1, 0.15) is 0 Å². The fraction of sp³-hybridized carbons (Fsp3) is 0.462. The van der Waals surface area contributed by atoms with E-state index in [0.29, 0.717) is 12.0 Å². The minimum absolute atomic E-state index is 0.0598. The molecule has 0 aliphatic heterocycles. The summed E-state index contributed by atoms with van der Waals surface area (Å²) in [6.45, 7) is 3.88. The number of benzene rings is 1. The van der Waals surface area contributed by atoms with E-state index in [0.717, 1.165) is 12.0 Å². The van der Waals surface area contributed by atoms with Gasteiger partial charge in [-0.15, -0.1) is 0 Å². The molecule has 0 radical (unpaired) electrons. The molecule has 1 aromatic carbocycles. The Labute approximate surface area is 112 Å². The van der Waals surface area contributed by atoms with Crippen molar-refractivity contribution < 1.29 is 9.72 Å². The van der Waals surface area contributed by atoms with Crippen LogP contribution in [0, 0.1) is 17.0 Å². The molecule has 0 heterocycles. The highest BCUT2D eigenvalue weighted by Gasteiger charge is 2.15. The first-order chi connectivity index (χ1) is 8.97. The van der Waals surface area contributed by atoms with Gasteiger partial charge in [0.25, 0.3) is 5.69 Å². The third-order valence-electron chi connectivity index (χ3n) is 3.00. The molecule has 0 aliphatic carbocycles. The van der Waals surface area contributed by atoms with E-state index >= 15 is 0 Å². The average Bonchev–Trinajstić information content (AvgIpc) is 2.37. The number of carbonyl (C=O) groups is 1. The molecule has 6 nitrogen and oxygen atoms in total.